The summed E-state index contributed by atoms with van der Waals surface area (Å²) in [5.41, 5.74) is 1.90. The van der Waals surface area contributed by atoms with Crippen LogP contribution in [0.1, 0.15) is 12.5 Å². The van der Waals surface area contributed by atoms with Gasteiger partial charge in [0.2, 0.25) is 11.9 Å². The number of morpholine rings is 1. The van der Waals surface area contributed by atoms with Gasteiger partial charge in [0, 0.05) is 13.1 Å². The van der Waals surface area contributed by atoms with Gasteiger partial charge in [-0.25, -0.2) is 0 Å². The Morgan fingerprint density at radius 1 is 1.24 bits per heavy atom. The highest BCUT2D eigenvalue weighted by atomic mass is 32.2. The van der Waals surface area contributed by atoms with Gasteiger partial charge >= 0.3 is 6.18 Å². The van der Waals surface area contributed by atoms with Crippen LogP contribution < -0.4 is 10.2 Å². The molecule has 11 heteroatoms. The van der Waals surface area contributed by atoms with Crippen molar-refractivity contribution in [2.75, 3.05) is 37.7 Å². The van der Waals surface area contributed by atoms with E-state index in [0.717, 1.165) is 23.0 Å². The van der Waals surface area contributed by atoms with E-state index < -0.39 is 23.9 Å². The third-order valence-corrected chi connectivity index (χ3v) is 5.36. The Morgan fingerprint density at radius 3 is 2.52 bits per heavy atom. The molecule has 0 saturated carbocycles. The lowest BCUT2D eigenvalue weighted by Crippen LogP contribution is -2.38. The van der Waals surface area contributed by atoms with Crippen molar-refractivity contribution in [3.63, 3.8) is 0 Å². The Bertz CT molecular complexity index is 835. The number of hydrogen-bond donors (Lipinski definition) is 1. The molecule has 158 valence electrons. The lowest BCUT2D eigenvalue weighted by atomic mass is 10.2. The number of aryl methyl sites for hydroxylation is 1. The number of alkyl halides is 3. The van der Waals surface area contributed by atoms with Crippen molar-refractivity contribution in [1.82, 2.24) is 20.1 Å². The maximum Gasteiger partial charge on any atom is 0.405 e. The number of hydrogen-bond acceptors (Lipinski definition) is 6. The van der Waals surface area contributed by atoms with E-state index in [-0.39, 0.29) is 0 Å². The lowest BCUT2D eigenvalue weighted by Gasteiger charge is -2.28. The zero-order chi connectivity index (χ0) is 21.0. The van der Waals surface area contributed by atoms with Crippen molar-refractivity contribution in [2.45, 2.75) is 30.4 Å². The number of aromatic nitrogens is 3. The van der Waals surface area contributed by atoms with Crippen molar-refractivity contribution in [3.8, 4) is 5.69 Å². The van der Waals surface area contributed by atoms with E-state index in [1.54, 1.807) is 6.92 Å². The average molecular weight is 429 g/mol. The number of carbonyl (C=O) groups is 1. The van der Waals surface area contributed by atoms with Gasteiger partial charge in [-0.2, -0.15) is 13.2 Å². The second-order valence-corrected chi connectivity index (χ2v) is 7.95. The highest BCUT2D eigenvalue weighted by Crippen LogP contribution is 2.30. The summed E-state index contributed by atoms with van der Waals surface area (Å²) in [4.78, 5) is 14.1. The van der Waals surface area contributed by atoms with Crippen molar-refractivity contribution < 1.29 is 22.7 Å². The van der Waals surface area contributed by atoms with Crippen LogP contribution in [-0.4, -0.2) is 64.9 Å². The average Bonchev–Trinajstić information content (AvgIpc) is 3.10. The number of rotatable bonds is 6. The molecule has 7 nitrogen and oxygen atoms in total. The van der Waals surface area contributed by atoms with E-state index in [1.165, 1.54) is 0 Å². The van der Waals surface area contributed by atoms with Gasteiger partial charge in [-0.05, 0) is 26.0 Å². The first-order chi connectivity index (χ1) is 13.7. The molecule has 1 fully saturated rings. The first-order valence-corrected chi connectivity index (χ1v) is 9.99. The van der Waals surface area contributed by atoms with Crippen LogP contribution in [0, 0.1) is 6.92 Å². The predicted molar refractivity (Wildman–Crippen MR) is 104 cm³/mol. The summed E-state index contributed by atoms with van der Waals surface area (Å²) in [6, 6.07) is 7.74. The fourth-order valence-electron chi connectivity index (χ4n) is 2.77. The maximum absolute atomic E-state index is 12.4. The van der Waals surface area contributed by atoms with Crippen LogP contribution in [0.5, 0.6) is 0 Å². The number of amides is 1. The molecule has 1 amide bonds. The van der Waals surface area contributed by atoms with Gasteiger partial charge in [0.15, 0.2) is 5.16 Å². The number of nitrogens with one attached hydrogen (secondary N) is 1. The predicted octanol–water partition coefficient (Wildman–Crippen LogP) is 2.57. The molecular weight excluding hydrogens is 407 g/mol. The van der Waals surface area contributed by atoms with Crippen molar-refractivity contribution in [2.24, 2.45) is 0 Å². The molecular formula is C18H22F3N5O2S. The van der Waals surface area contributed by atoms with Crippen LogP contribution in [0.2, 0.25) is 0 Å². The minimum atomic E-state index is -4.45. The van der Waals surface area contributed by atoms with E-state index in [0.29, 0.717) is 37.4 Å². The molecule has 1 N–H and O–H groups in total. The van der Waals surface area contributed by atoms with Crippen LogP contribution >= 0.6 is 11.8 Å². The molecule has 0 bridgehead atoms. The number of ether oxygens (including phenoxy) is 1. The summed E-state index contributed by atoms with van der Waals surface area (Å²) < 4.78 is 44.3. The standard InChI is InChI=1S/C18H22F3N5O2S/c1-12-3-5-14(6-4-12)26-16(25-7-9-28-10-8-25)23-24-17(26)29-13(2)15(27)22-11-18(19,20)21/h3-6,13H,7-11H2,1-2H3,(H,22,27). The van der Waals surface area contributed by atoms with Crippen LogP contribution in [0.4, 0.5) is 19.1 Å². The van der Waals surface area contributed by atoms with Gasteiger partial charge in [-0.3, -0.25) is 9.36 Å². The molecule has 2 aromatic rings. The molecule has 1 atom stereocenters. The number of nitrogens with zero attached hydrogens (tertiary/aromatic N) is 4. The van der Waals surface area contributed by atoms with Gasteiger partial charge in [-0.15, -0.1) is 10.2 Å². The fourth-order valence-corrected chi connectivity index (χ4v) is 3.66. The summed E-state index contributed by atoms with van der Waals surface area (Å²) in [5, 5.41) is 10.1. The van der Waals surface area contributed by atoms with Gasteiger partial charge < -0.3 is 15.0 Å². The third kappa shape index (κ3) is 5.63. The summed E-state index contributed by atoms with van der Waals surface area (Å²) in [6.45, 7) is 4.59. The monoisotopic (exact) mass is 429 g/mol. The Morgan fingerprint density at radius 2 is 1.90 bits per heavy atom. The molecule has 1 aliphatic rings. The molecule has 1 aliphatic heterocycles. The van der Waals surface area contributed by atoms with Crippen LogP contribution in [0.15, 0.2) is 29.4 Å². The molecule has 1 saturated heterocycles. The van der Waals surface area contributed by atoms with Crippen molar-refractivity contribution in [1.29, 1.82) is 0 Å². The lowest BCUT2D eigenvalue weighted by molar-refractivity contribution is -0.137. The number of thioether (sulfide) groups is 1. The smallest absolute Gasteiger partial charge is 0.378 e. The minimum absolute atomic E-state index is 0.435. The van der Waals surface area contributed by atoms with Crippen LogP contribution in [0.3, 0.4) is 0 Å². The largest absolute Gasteiger partial charge is 0.405 e. The molecule has 1 aromatic heterocycles. The molecule has 0 aliphatic carbocycles. The first-order valence-electron chi connectivity index (χ1n) is 9.11. The van der Waals surface area contributed by atoms with E-state index in [4.69, 9.17) is 4.74 Å². The van der Waals surface area contributed by atoms with Crippen LogP contribution in [0.25, 0.3) is 5.69 Å². The van der Waals surface area contributed by atoms with Crippen molar-refractivity contribution in [3.05, 3.63) is 29.8 Å². The Hall–Kier alpha value is -2.27. The Labute approximate surface area is 170 Å². The summed E-state index contributed by atoms with van der Waals surface area (Å²) >= 11 is 1.06. The van der Waals surface area contributed by atoms with Crippen molar-refractivity contribution >= 4 is 23.6 Å². The molecule has 29 heavy (non-hydrogen) atoms. The van der Waals surface area contributed by atoms with E-state index >= 15 is 0 Å². The van der Waals surface area contributed by atoms with Gasteiger partial charge in [0.25, 0.3) is 0 Å². The molecule has 2 heterocycles. The fraction of sp³-hybridized carbons (Fsp3) is 0.500. The zero-order valence-electron chi connectivity index (χ0n) is 16.1. The van der Waals surface area contributed by atoms with E-state index in [9.17, 15) is 18.0 Å². The van der Waals surface area contributed by atoms with E-state index in [2.05, 4.69) is 10.2 Å². The molecule has 1 unspecified atom stereocenters. The zero-order valence-corrected chi connectivity index (χ0v) is 16.9. The maximum atomic E-state index is 12.4. The molecule has 3 rings (SSSR count). The topological polar surface area (TPSA) is 72.3 Å². The second-order valence-electron chi connectivity index (χ2n) is 6.65. The van der Waals surface area contributed by atoms with E-state index in [1.807, 2.05) is 46.0 Å². The summed E-state index contributed by atoms with van der Waals surface area (Å²) in [6.07, 6.45) is -4.45. The molecule has 0 radical (unpaired) electrons. The van der Waals surface area contributed by atoms with Gasteiger partial charge in [-0.1, -0.05) is 29.5 Å². The summed E-state index contributed by atoms with van der Waals surface area (Å²) in [5.74, 6) is -0.0961. The van der Waals surface area contributed by atoms with Crippen LogP contribution in [-0.2, 0) is 9.53 Å². The van der Waals surface area contributed by atoms with Gasteiger partial charge in [0.1, 0.15) is 6.54 Å². The number of halogens is 3. The SMILES string of the molecule is Cc1ccc(-n2c(SC(C)C(=O)NCC(F)(F)F)nnc2N2CCOCC2)cc1. The number of anilines is 1. The number of benzene rings is 1. The normalized spacial score (nSPS) is 16.0. The molecule has 0 spiro atoms. The van der Waals surface area contributed by atoms with Gasteiger partial charge in [0.05, 0.1) is 24.2 Å². The third-order valence-electron chi connectivity index (χ3n) is 4.32. The second kappa shape index (κ2) is 9.04. The number of carbonyl (C=O) groups excluding carboxylic acids is 1. The quantitative estimate of drug-likeness (QED) is 0.712. The first kappa shape index (κ1) is 21.4. The summed E-state index contributed by atoms with van der Waals surface area (Å²) in [7, 11) is 0. The Kier molecular flexibility index (Phi) is 6.68. The highest BCUT2D eigenvalue weighted by Gasteiger charge is 2.30. The molecule has 1 aromatic carbocycles. The Balaban J connectivity index is 1.85. The minimum Gasteiger partial charge on any atom is -0.378 e. The highest BCUT2D eigenvalue weighted by molar-refractivity contribution is 8.00.